The minimum Gasteiger partial charge on any atom is -0.469 e. The van der Waals surface area contributed by atoms with E-state index in [2.05, 4.69) is 15.5 Å². The fourth-order valence-corrected chi connectivity index (χ4v) is 4.80. The minimum absolute atomic E-state index is 0.0886. The van der Waals surface area contributed by atoms with E-state index in [1.165, 1.54) is 31.4 Å². The highest BCUT2D eigenvalue weighted by Crippen LogP contribution is 2.24. The Labute approximate surface area is 222 Å². The van der Waals surface area contributed by atoms with Crippen molar-refractivity contribution in [2.24, 2.45) is 11.8 Å². The van der Waals surface area contributed by atoms with Crippen molar-refractivity contribution in [2.45, 2.75) is 58.0 Å². The predicted molar refractivity (Wildman–Crippen MR) is 141 cm³/mol. The van der Waals surface area contributed by atoms with Crippen LogP contribution in [-0.4, -0.2) is 49.6 Å². The first-order chi connectivity index (χ1) is 18.0. The minimum atomic E-state index is -0.931. The molecule has 1 aliphatic heterocycles. The van der Waals surface area contributed by atoms with Gasteiger partial charge >= 0.3 is 5.97 Å². The molecule has 2 aromatic carbocycles. The number of rotatable bonds is 10. The lowest BCUT2D eigenvalue weighted by Gasteiger charge is -2.34. The summed E-state index contributed by atoms with van der Waals surface area (Å²) in [5.74, 6) is -2.62. The summed E-state index contributed by atoms with van der Waals surface area (Å²) in [5, 5.41) is 5.86. The smallest absolute Gasteiger partial charge is 0.308 e. The third kappa shape index (κ3) is 8.26. The molecule has 0 radical (unpaired) electrons. The van der Waals surface area contributed by atoms with Gasteiger partial charge < -0.3 is 20.3 Å². The molecule has 3 rings (SSSR count). The quantitative estimate of drug-likeness (QED) is 0.455. The van der Waals surface area contributed by atoms with Gasteiger partial charge in [0.25, 0.3) is 0 Å². The third-order valence-electron chi connectivity index (χ3n) is 6.90. The highest BCUT2D eigenvalue weighted by atomic mass is 19.1. The number of amides is 2. The van der Waals surface area contributed by atoms with Crippen molar-refractivity contribution in [1.82, 2.24) is 10.6 Å². The number of carbonyl (C=O) groups is 3. The van der Waals surface area contributed by atoms with Gasteiger partial charge in [-0.3, -0.25) is 14.4 Å². The molecule has 0 spiro atoms. The molecular weight excluding hydrogens is 492 g/mol. The van der Waals surface area contributed by atoms with Gasteiger partial charge in [0.05, 0.1) is 13.0 Å². The standard InChI is InChI=1S/C29H37F2N3O4/c1-19(28(37)38-4)17-25(27(36)33-29(2,3)18-20-5-7-22(30)8-6-20)32-26(35)21-13-15-34(16-14-21)24-11-9-23(31)10-12-24/h5-12,19,21,25H,13-18H2,1-4H3,(H,32,35)(H,33,36)/t19?,25-/m0/s1. The van der Waals surface area contributed by atoms with Crippen molar-refractivity contribution < 1.29 is 27.9 Å². The van der Waals surface area contributed by atoms with Crippen LogP contribution in [0.15, 0.2) is 48.5 Å². The summed E-state index contributed by atoms with van der Waals surface area (Å²) >= 11 is 0. The van der Waals surface area contributed by atoms with Crippen LogP contribution in [0, 0.1) is 23.5 Å². The lowest BCUT2D eigenvalue weighted by Crippen LogP contribution is -2.55. The van der Waals surface area contributed by atoms with Crippen LogP contribution in [-0.2, 0) is 25.5 Å². The van der Waals surface area contributed by atoms with Gasteiger partial charge in [0.2, 0.25) is 11.8 Å². The summed E-state index contributed by atoms with van der Waals surface area (Å²) in [6.45, 7) is 6.61. The molecule has 2 aromatic rings. The SMILES string of the molecule is COC(=O)C(C)C[C@H](NC(=O)C1CCN(c2ccc(F)cc2)CC1)C(=O)NC(C)(C)Cc1ccc(F)cc1. The van der Waals surface area contributed by atoms with E-state index in [9.17, 15) is 23.2 Å². The van der Waals surface area contributed by atoms with Crippen molar-refractivity contribution >= 4 is 23.5 Å². The molecule has 1 unspecified atom stereocenters. The molecular formula is C29H37F2N3O4. The Balaban J connectivity index is 1.64. The molecule has 1 aliphatic rings. The molecule has 1 fully saturated rings. The maximum absolute atomic E-state index is 13.4. The van der Waals surface area contributed by atoms with E-state index < -0.39 is 29.4 Å². The van der Waals surface area contributed by atoms with E-state index in [-0.39, 0.29) is 29.9 Å². The summed E-state index contributed by atoms with van der Waals surface area (Å²) in [6, 6.07) is 11.4. The number of hydrogen-bond acceptors (Lipinski definition) is 5. The maximum atomic E-state index is 13.4. The summed E-state index contributed by atoms with van der Waals surface area (Å²) < 4.78 is 31.4. The van der Waals surface area contributed by atoms with Crippen molar-refractivity contribution in [2.75, 3.05) is 25.1 Å². The van der Waals surface area contributed by atoms with Gasteiger partial charge in [-0.25, -0.2) is 8.78 Å². The number of esters is 1. The summed E-state index contributed by atoms with van der Waals surface area (Å²) in [6.07, 6.45) is 1.71. The largest absolute Gasteiger partial charge is 0.469 e. The van der Waals surface area contributed by atoms with Gasteiger partial charge in [0.1, 0.15) is 17.7 Å². The Morgan fingerprint density at radius 1 is 1.00 bits per heavy atom. The van der Waals surface area contributed by atoms with Crippen LogP contribution in [0.4, 0.5) is 14.5 Å². The predicted octanol–water partition coefficient (Wildman–Crippen LogP) is 4.00. The second kappa shape index (κ2) is 12.8. The van der Waals surface area contributed by atoms with Crippen LogP contribution in [0.2, 0.25) is 0 Å². The van der Waals surface area contributed by atoms with Gasteiger partial charge in [-0.05, 0) is 81.5 Å². The monoisotopic (exact) mass is 529 g/mol. The number of nitrogens with zero attached hydrogens (tertiary/aromatic N) is 1. The van der Waals surface area contributed by atoms with E-state index in [4.69, 9.17) is 4.74 Å². The molecule has 0 bridgehead atoms. The molecule has 2 N–H and O–H groups in total. The molecule has 0 aromatic heterocycles. The van der Waals surface area contributed by atoms with Crippen molar-refractivity contribution in [1.29, 1.82) is 0 Å². The average Bonchev–Trinajstić information content (AvgIpc) is 2.89. The number of halogens is 2. The van der Waals surface area contributed by atoms with E-state index in [0.29, 0.717) is 32.4 Å². The summed E-state index contributed by atoms with van der Waals surface area (Å²) in [4.78, 5) is 40.7. The van der Waals surface area contributed by atoms with Crippen molar-refractivity contribution in [3.63, 3.8) is 0 Å². The van der Waals surface area contributed by atoms with Crippen LogP contribution >= 0.6 is 0 Å². The Hall–Kier alpha value is -3.49. The number of anilines is 1. The number of benzene rings is 2. The maximum Gasteiger partial charge on any atom is 0.308 e. The van der Waals surface area contributed by atoms with Crippen LogP contribution in [0.3, 0.4) is 0 Å². The summed E-state index contributed by atoms with van der Waals surface area (Å²) in [5.41, 5.74) is 1.07. The topological polar surface area (TPSA) is 87.7 Å². The second-order valence-corrected chi connectivity index (χ2v) is 10.6. The normalized spacial score (nSPS) is 15.9. The first kappa shape index (κ1) is 29.1. The number of methoxy groups -OCH3 is 1. The molecule has 0 saturated carbocycles. The lowest BCUT2D eigenvalue weighted by molar-refractivity contribution is -0.146. The first-order valence-electron chi connectivity index (χ1n) is 12.9. The van der Waals surface area contributed by atoms with Gasteiger partial charge in [0.15, 0.2) is 0 Å². The molecule has 2 atom stereocenters. The second-order valence-electron chi connectivity index (χ2n) is 10.6. The van der Waals surface area contributed by atoms with Crippen LogP contribution in [0.5, 0.6) is 0 Å². The van der Waals surface area contributed by atoms with Gasteiger partial charge in [-0.15, -0.1) is 0 Å². The zero-order valence-electron chi connectivity index (χ0n) is 22.4. The van der Waals surface area contributed by atoms with Gasteiger partial charge in [0, 0.05) is 30.2 Å². The molecule has 1 heterocycles. The van der Waals surface area contributed by atoms with Crippen molar-refractivity contribution in [3.05, 3.63) is 65.7 Å². The van der Waals surface area contributed by atoms with Crippen LogP contribution < -0.4 is 15.5 Å². The summed E-state index contributed by atoms with van der Waals surface area (Å²) in [7, 11) is 1.28. The molecule has 0 aliphatic carbocycles. The van der Waals surface area contributed by atoms with Gasteiger partial charge in [-0.1, -0.05) is 19.1 Å². The van der Waals surface area contributed by atoms with Crippen LogP contribution in [0.1, 0.15) is 45.6 Å². The lowest BCUT2D eigenvalue weighted by atomic mass is 9.92. The van der Waals surface area contributed by atoms with E-state index >= 15 is 0 Å². The number of piperidine rings is 1. The number of nitrogens with one attached hydrogen (secondary N) is 2. The molecule has 206 valence electrons. The highest BCUT2D eigenvalue weighted by molar-refractivity contribution is 5.89. The number of carbonyl (C=O) groups excluding carboxylic acids is 3. The fraction of sp³-hybridized carbons (Fsp3) is 0.483. The molecule has 7 nitrogen and oxygen atoms in total. The first-order valence-corrected chi connectivity index (χ1v) is 12.9. The van der Waals surface area contributed by atoms with Crippen LogP contribution in [0.25, 0.3) is 0 Å². The molecule has 9 heteroatoms. The molecule has 2 amide bonds. The van der Waals surface area contributed by atoms with E-state index in [1.807, 2.05) is 13.8 Å². The van der Waals surface area contributed by atoms with Gasteiger partial charge in [-0.2, -0.15) is 0 Å². The third-order valence-corrected chi connectivity index (χ3v) is 6.90. The zero-order valence-corrected chi connectivity index (χ0v) is 22.4. The molecule has 38 heavy (non-hydrogen) atoms. The highest BCUT2D eigenvalue weighted by Gasteiger charge is 2.33. The number of hydrogen-bond donors (Lipinski definition) is 2. The number of ether oxygens (including phenoxy) is 1. The average molecular weight is 530 g/mol. The van der Waals surface area contributed by atoms with E-state index in [0.717, 1.165) is 11.3 Å². The Kier molecular flexibility index (Phi) is 9.83. The zero-order chi connectivity index (χ0) is 27.9. The Morgan fingerprint density at radius 3 is 2.11 bits per heavy atom. The van der Waals surface area contributed by atoms with Crippen molar-refractivity contribution in [3.8, 4) is 0 Å². The Bertz CT molecular complexity index is 1100. The fourth-order valence-electron chi connectivity index (χ4n) is 4.80. The Morgan fingerprint density at radius 2 is 1.55 bits per heavy atom. The van der Waals surface area contributed by atoms with E-state index in [1.54, 1.807) is 31.2 Å². The molecule has 1 saturated heterocycles.